The smallest absolute Gasteiger partial charge is 0.233 e. The number of imidazole rings is 1. The van der Waals surface area contributed by atoms with Crippen LogP contribution in [0.5, 0.6) is 0 Å². The van der Waals surface area contributed by atoms with Gasteiger partial charge in [-0.15, -0.1) is 0 Å². The van der Waals surface area contributed by atoms with Crippen molar-refractivity contribution >= 4 is 23.0 Å². The third kappa shape index (κ3) is 4.67. The Balaban J connectivity index is 1.29. The average molecular weight is 525 g/mol. The Hall–Kier alpha value is -4.11. The molecule has 5 heterocycles. The molecular formula is C30H32N6O3. The van der Waals surface area contributed by atoms with Gasteiger partial charge in [-0.2, -0.15) is 0 Å². The van der Waals surface area contributed by atoms with Crippen molar-refractivity contribution in [3.63, 3.8) is 0 Å². The third-order valence-electron chi connectivity index (χ3n) is 7.84. The fraction of sp³-hybridized carbons (Fsp3) is 0.367. The summed E-state index contributed by atoms with van der Waals surface area (Å²) in [6.07, 6.45) is 7.37. The van der Waals surface area contributed by atoms with Crippen LogP contribution >= 0.6 is 0 Å². The third-order valence-corrected chi connectivity index (χ3v) is 7.84. The molecule has 200 valence electrons. The van der Waals surface area contributed by atoms with Gasteiger partial charge in [-0.25, -0.2) is 9.97 Å². The number of aromatic nitrogens is 4. The van der Waals surface area contributed by atoms with Gasteiger partial charge < -0.3 is 15.4 Å². The van der Waals surface area contributed by atoms with Gasteiger partial charge in [-0.1, -0.05) is 24.3 Å². The molecule has 9 heteroatoms. The Morgan fingerprint density at radius 1 is 1.13 bits per heavy atom. The number of fused-ring (bicyclic) bond motifs is 1. The molecule has 39 heavy (non-hydrogen) atoms. The molecule has 0 bridgehead atoms. The minimum atomic E-state index is -0.426. The van der Waals surface area contributed by atoms with Gasteiger partial charge in [0.05, 0.1) is 25.0 Å². The molecule has 0 saturated carbocycles. The number of Topliss-reactive ketones (excluding diaryl/α,β-unsaturated/α-hetero) is 1. The number of nitrogens with zero attached hydrogens (tertiary/aromatic N) is 5. The minimum absolute atomic E-state index is 0.00809. The lowest BCUT2D eigenvalue weighted by Gasteiger charge is -2.42. The first kappa shape index (κ1) is 25.2. The van der Waals surface area contributed by atoms with Gasteiger partial charge in [0.25, 0.3) is 0 Å². The maximum atomic E-state index is 13.2. The van der Waals surface area contributed by atoms with Gasteiger partial charge in [0.1, 0.15) is 22.9 Å². The van der Waals surface area contributed by atoms with E-state index >= 15 is 0 Å². The van der Waals surface area contributed by atoms with E-state index in [1.54, 1.807) is 12.4 Å². The molecule has 6 rings (SSSR count). The van der Waals surface area contributed by atoms with Crippen molar-refractivity contribution in [3.8, 4) is 11.3 Å². The highest BCUT2D eigenvalue weighted by Crippen LogP contribution is 2.36. The maximum absolute atomic E-state index is 13.2. The monoisotopic (exact) mass is 524 g/mol. The van der Waals surface area contributed by atoms with Gasteiger partial charge in [-0.3, -0.25) is 19.0 Å². The maximum Gasteiger partial charge on any atom is 0.233 e. The predicted molar refractivity (Wildman–Crippen MR) is 147 cm³/mol. The van der Waals surface area contributed by atoms with Crippen LogP contribution < -0.4 is 5.73 Å². The molecule has 2 aliphatic heterocycles. The van der Waals surface area contributed by atoms with E-state index < -0.39 is 5.41 Å². The Labute approximate surface area is 227 Å². The van der Waals surface area contributed by atoms with Crippen LogP contribution in [0, 0.1) is 12.3 Å². The first-order chi connectivity index (χ1) is 18.8. The number of carbonyl (C=O) groups excluding carboxylic acids is 2. The van der Waals surface area contributed by atoms with Crippen LogP contribution in [0.1, 0.15) is 53.1 Å². The number of likely N-dealkylation sites (tertiary alicyclic amines) is 1. The molecule has 1 atom stereocenters. The lowest BCUT2D eigenvalue weighted by Crippen LogP contribution is -2.55. The van der Waals surface area contributed by atoms with Crippen molar-refractivity contribution in [1.82, 2.24) is 24.3 Å². The molecule has 3 aromatic heterocycles. The molecule has 4 aromatic rings. The topological polar surface area (TPSA) is 116 Å². The number of ether oxygens (including phenoxy) is 1. The first-order valence-corrected chi connectivity index (χ1v) is 13.4. The van der Waals surface area contributed by atoms with Gasteiger partial charge in [-0.05, 0) is 44.4 Å². The number of amides is 1. The van der Waals surface area contributed by atoms with E-state index in [0.717, 1.165) is 53.2 Å². The summed E-state index contributed by atoms with van der Waals surface area (Å²) in [7, 11) is 0. The zero-order valence-corrected chi connectivity index (χ0v) is 22.3. The first-order valence-electron chi connectivity index (χ1n) is 13.4. The lowest BCUT2D eigenvalue weighted by atomic mass is 9.85. The van der Waals surface area contributed by atoms with Crippen LogP contribution in [0.2, 0.25) is 0 Å². The number of anilines is 1. The number of carbonyl (C=O) groups is 2. The Bertz CT molecular complexity index is 1560. The largest absolute Gasteiger partial charge is 0.382 e. The van der Waals surface area contributed by atoms with Gasteiger partial charge >= 0.3 is 0 Å². The van der Waals surface area contributed by atoms with E-state index in [1.807, 2.05) is 65.7 Å². The quantitative estimate of drug-likeness (QED) is 0.381. The van der Waals surface area contributed by atoms with E-state index in [0.29, 0.717) is 31.1 Å². The number of hydrogen-bond acceptors (Lipinski definition) is 7. The summed E-state index contributed by atoms with van der Waals surface area (Å²) < 4.78 is 7.34. The van der Waals surface area contributed by atoms with Crippen molar-refractivity contribution in [3.05, 3.63) is 77.6 Å². The zero-order valence-electron chi connectivity index (χ0n) is 22.3. The molecule has 1 aromatic carbocycles. The van der Waals surface area contributed by atoms with Crippen molar-refractivity contribution in [2.24, 2.45) is 5.41 Å². The lowest BCUT2D eigenvalue weighted by molar-refractivity contribution is -0.169. The second kappa shape index (κ2) is 9.89. The highest BCUT2D eigenvalue weighted by molar-refractivity contribution is 5.98. The van der Waals surface area contributed by atoms with Crippen LogP contribution in [0.4, 0.5) is 5.82 Å². The van der Waals surface area contributed by atoms with E-state index in [-0.39, 0.29) is 24.0 Å². The van der Waals surface area contributed by atoms with E-state index in [9.17, 15) is 9.59 Å². The molecule has 0 spiro atoms. The Kier molecular flexibility index (Phi) is 6.38. The van der Waals surface area contributed by atoms with Crippen molar-refractivity contribution < 1.29 is 14.3 Å². The summed E-state index contributed by atoms with van der Waals surface area (Å²) in [5.41, 5.74) is 10.7. The number of nitrogen functional groups attached to an aromatic ring is 1. The van der Waals surface area contributed by atoms with Gasteiger partial charge in [0.2, 0.25) is 5.91 Å². The summed E-state index contributed by atoms with van der Waals surface area (Å²) in [4.78, 5) is 41.8. The summed E-state index contributed by atoms with van der Waals surface area (Å²) in [6, 6.07) is 11.3. The predicted octanol–water partition coefficient (Wildman–Crippen LogP) is 3.85. The molecule has 0 aliphatic carbocycles. The Morgan fingerprint density at radius 3 is 2.64 bits per heavy atom. The van der Waals surface area contributed by atoms with Crippen LogP contribution in [0.25, 0.3) is 16.8 Å². The van der Waals surface area contributed by atoms with E-state index in [1.165, 1.54) is 0 Å². The summed E-state index contributed by atoms with van der Waals surface area (Å²) >= 11 is 0. The minimum Gasteiger partial charge on any atom is -0.382 e. The highest BCUT2D eigenvalue weighted by Gasteiger charge is 2.44. The summed E-state index contributed by atoms with van der Waals surface area (Å²) in [6.45, 7) is 6.27. The number of hydrogen-bond donors (Lipinski definition) is 1. The number of piperidine rings is 1. The fourth-order valence-electron chi connectivity index (χ4n) is 5.64. The fourth-order valence-corrected chi connectivity index (χ4v) is 5.64. The summed E-state index contributed by atoms with van der Waals surface area (Å²) in [5.74, 6) is 1.49. The number of pyridine rings is 1. The SMILES string of the molecule is Cc1ccnc(CC(=O)c2ccc(-c3nc([C@@H]4CCCN(C(=O)C5(C)COC5)C4)n4ccnc(N)c34)cc2)c1. The second-order valence-electron chi connectivity index (χ2n) is 11.0. The normalized spacial score (nSPS) is 18.6. The molecule has 2 saturated heterocycles. The average Bonchev–Trinajstić information content (AvgIpc) is 3.32. The molecule has 2 aliphatic rings. The number of nitrogens with two attached hydrogens (primary N) is 1. The molecule has 1 amide bonds. The van der Waals surface area contributed by atoms with Crippen LogP contribution in [-0.2, 0) is 16.0 Å². The van der Waals surface area contributed by atoms with Crippen LogP contribution in [0.15, 0.2) is 55.0 Å². The van der Waals surface area contributed by atoms with Gasteiger partial charge in [0.15, 0.2) is 5.78 Å². The van der Waals surface area contributed by atoms with Crippen molar-refractivity contribution in [1.29, 1.82) is 0 Å². The summed E-state index contributed by atoms with van der Waals surface area (Å²) in [5, 5.41) is 0. The number of aryl methyl sites for hydroxylation is 1. The van der Waals surface area contributed by atoms with E-state index in [2.05, 4.69) is 9.97 Å². The molecule has 9 nitrogen and oxygen atoms in total. The molecule has 2 fully saturated rings. The van der Waals surface area contributed by atoms with E-state index in [4.69, 9.17) is 15.5 Å². The second-order valence-corrected chi connectivity index (χ2v) is 11.0. The highest BCUT2D eigenvalue weighted by atomic mass is 16.5. The number of benzene rings is 1. The van der Waals surface area contributed by atoms with Crippen LogP contribution in [0.3, 0.4) is 0 Å². The molecule has 2 N–H and O–H groups in total. The molecule has 0 unspecified atom stereocenters. The molecular weight excluding hydrogens is 492 g/mol. The number of rotatable bonds is 6. The number of ketones is 1. The molecule has 0 radical (unpaired) electrons. The van der Waals surface area contributed by atoms with Crippen molar-refractivity contribution in [2.75, 3.05) is 32.0 Å². The standard InChI is InChI=1S/C30H32N6O3/c1-19-9-10-32-23(14-19)15-24(37)20-5-7-21(8-6-20)25-26-27(31)33-11-13-36(26)28(34-25)22-4-3-12-35(16-22)29(38)30(2)17-39-18-30/h5-11,13-14,22H,3-4,12,15-18H2,1-2H3,(H2,31,33)/t22-/m1/s1. The van der Waals surface area contributed by atoms with Gasteiger partial charge in [0, 0.05) is 54.4 Å². The van der Waals surface area contributed by atoms with Crippen LogP contribution in [-0.4, -0.2) is 62.2 Å². The Morgan fingerprint density at radius 2 is 1.92 bits per heavy atom. The van der Waals surface area contributed by atoms with Crippen molar-refractivity contribution in [2.45, 2.75) is 39.0 Å². The zero-order chi connectivity index (χ0) is 27.1.